The van der Waals surface area contributed by atoms with Crippen LogP contribution in [-0.4, -0.2) is 5.38 Å². The fourth-order valence-electron chi connectivity index (χ4n) is 2.65. The zero-order valence-electron chi connectivity index (χ0n) is 13.1. The van der Waals surface area contributed by atoms with Gasteiger partial charge in [0, 0.05) is 5.38 Å². The molecule has 0 nitrogen and oxygen atoms in total. The molecule has 1 rings (SSSR count). The largest absolute Gasteiger partial charge is 0.123 e. The summed E-state index contributed by atoms with van der Waals surface area (Å²) in [5.41, 5.74) is 1.36. The summed E-state index contributed by atoms with van der Waals surface area (Å²) >= 11 is 6.41. The molecular formula is C19H31Cl. The van der Waals surface area contributed by atoms with Gasteiger partial charge in [0.05, 0.1) is 0 Å². The highest BCUT2D eigenvalue weighted by Gasteiger charge is 2.05. The van der Waals surface area contributed by atoms with Crippen molar-refractivity contribution in [2.45, 2.75) is 82.9 Å². The molecule has 0 amide bonds. The molecule has 1 aromatic rings. The quantitative estimate of drug-likeness (QED) is 0.295. The van der Waals surface area contributed by atoms with Gasteiger partial charge in [-0.25, -0.2) is 0 Å². The van der Waals surface area contributed by atoms with E-state index in [9.17, 15) is 0 Å². The van der Waals surface area contributed by atoms with Gasteiger partial charge in [-0.3, -0.25) is 0 Å². The minimum atomic E-state index is 0.307. The lowest BCUT2D eigenvalue weighted by molar-refractivity contribution is 0.551. The highest BCUT2D eigenvalue weighted by molar-refractivity contribution is 6.20. The summed E-state index contributed by atoms with van der Waals surface area (Å²) in [6.45, 7) is 2.28. The van der Waals surface area contributed by atoms with E-state index in [2.05, 4.69) is 37.3 Å². The smallest absolute Gasteiger partial charge is 0.0376 e. The van der Waals surface area contributed by atoms with Crippen LogP contribution in [0.5, 0.6) is 0 Å². The fraction of sp³-hybridized carbons (Fsp3) is 0.684. The molecule has 1 unspecified atom stereocenters. The van der Waals surface area contributed by atoms with Crippen molar-refractivity contribution in [1.29, 1.82) is 0 Å². The van der Waals surface area contributed by atoms with Crippen LogP contribution in [0.4, 0.5) is 0 Å². The van der Waals surface area contributed by atoms with Gasteiger partial charge < -0.3 is 0 Å². The summed E-state index contributed by atoms with van der Waals surface area (Å²) in [6.07, 6.45) is 14.7. The highest BCUT2D eigenvalue weighted by Crippen LogP contribution is 2.16. The number of benzene rings is 1. The average Bonchev–Trinajstić information content (AvgIpc) is 2.46. The molecule has 0 aliphatic rings. The molecule has 0 radical (unpaired) electrons. The maximum Gasteiger partial charge on any atom is 0.0376 e. The summed E-state index contributed by atoms with van der Waals surface area (Å²) in [5, 5.41) is 0.307. The van der Waals surface area contributed by atoms with E-state index >= 15 is 0 Å². The molecule has 20 heavy (non-hydrogen) atoms. The first kappa shape index (κ1) is 17.6. The van der Waals surface area contributed by atoms with Gasteiger partial charge in [0.2, 0.25) is 0 Å². The highest BCUT2D eigenvalue weighted by atomic mass is 35.5. The van der Waals surface area contributed by atoms with Crippen LogP contribution in [0, 0.1) is 0 Å². The topological polar surface area (TPSA) is 0 Å². The lowest BCUT2D eigenvalue weighted by atomic mass is 10.0. The Balaban J connectivity index is 1.91. The van der Waals surface area contributed by atoms with E-state index in [4.69, 9.17) is 11.6 Å². The molecule has 1 atom stereocenters. The Bertz CT molecular complexity index is 307. The predicted octanol–water partition coefficient (Wildman–Crippen LogP) is 6.76. The van der Waals surface area contributed by atoms with Crippen LogP contribution in [0.1, 0.15) is 76.7 Å². The Morgan fingerprint density at radius 1 is 0.800 bits per heavy atom. The molecule has 0 aliphatic heterocycles. The van der Waals surface area contributed by atoms with Crippen LogP contribution >= 0.6 is 11.6 Å². The molecule has 0 bridgehead atoms. The predicted molar refractivity (Wildman–Crippen MR) is 91.6 cm³/mol. The van der Waals surface area contributed by atoms with Gasteiger partial charge >= 0.3 is 0 Å². The number of hydrogen-bond acceptors (Lipinski definition) is 0. The standard InChI is InChI=1S/C19H31Cl/c1-2-3-4-5-6-7-8-9-13-16-19(20)17-18-14-11-10-12-15-18/h10-12,14-15,19H,2-9,13,16-17H2,1H3. The molecule has 0 aromatic heterocycles. The number of rotatable bonds is 12. The van der Waals surface area contributed by atoms with Gasteiger partial charge in [0.25, 0.3) is 0 Å². The molecule has 114 valence electrons. The number of hydrogen-bond donors (Lipinski definition) is 0. The molecule has 0 aliphatic carbocycles. The van der Waals surface area contributed by atoms with Crippen molar-refractivity contribution in [3.63, 3.8) is 0 Å². The van der Waals surface area contributed by atoms with E-state index in [0.717, 1.165) is 12.8 Å². The van der Waals surface area contributed by atoms with Crippen LogP contribution < -0.4 is 0 Å². The van der Waals surface area contributed by atoms with Crippen molar-refractivity contribution in [3.8, 4) is 0 Å². The van der Waals surface area contributed by atoms with Gasteiger partial charge in [-0.05, 0) is 18.4 Å². The maximum atomic E-state index is 6.41. The van der Waals surface area contributed by atoms with Crippen molar-refractivity contribution in [2.75, 3.05) is 0 Å². The van der Waals surface area contributed by atoms with Gasteiger partial charge in [-0.2, -0.15) is 0 Å². The third kappa shape index (κ3) is 9.42. The van der Waals surface area contributed by atoms with E-state index < -0.39 is 0 Å². The van der Waals surface area contributed by atoms with Crippen molar-refractivity contribution < 1.29 is 0 Å². The normalized spacial score (nSPS) is 12.5. The second-order valence-corrected chi connectivity index (χ2v) is 6.52. The lowest BCUT2D eigenvalue weighted by Gasteiger charge is -2.09. The Labute approximate surface area is 130 Å². The SMILES string of the molecule is CCCCCCCCCCCC(Cl)Cc1ccccc1. The average molecular weight is 295 g/mol. The molecule has 1 aromatic carbocycles. The minimum absolute atomic E-state index is 0.307. The maximum absolute atomic E-state index is 6.41. The van der Waals surface area contributed by atoms with Crippen molar-refractivity contribution in [2.24, 2.45) is 0 Å². The van der Waals surface area contributed by atoms with Gasteiger partial charge in [-0.1, -0.05) is 95.0 Å². The zero-order valence-corrected chi connectivity index (χ0v) is 13.9. The third-order valence-corrected chi connectivity index (χ3v) is 4.29. The molecule has 0 saturated heterocycles. The first-order valence-electron chi connectivity index (χ1n) is 8.51. The van der Waals surface area contributed by atoms with Crippen LogP contribution in [0.15, 0.2) is 30.3 Å². The number of halogens is 1. The van der Waals surface area contributed by atoms with E-state index in [1.54, 1.807) is 0 Å². The summed E-state index contributed by atoms with van der Waals surface area (Å²) in [4.78, 5) is 0. The zero-order chi connectivity index (χ0) is 14.5. The minimum Gasteiger partial charge on any atom is -0.123 e. The van der Waals surface area contributed by atoms with Gasteiger partial charge in [0.15, 0.2) is 0 Å². The van der Waals surface area contributed by atoms with Crippen LogP contribution in [0.3, 0.4) is 0 Å². The number of unbranched alkanes of at least 4 members (excludes halogenated alkanes) is 8. The molecule has 0 saturated carbocycles. The van der Waals surface area contributed by atoms with E-state index in [1.165, 1.54) is 63.4 Å². The summed E-state index contributed by atoms with van der Waals surface area (Å²) in [5.74, 6) is 0. The van der Waals surface area contributed by atoms with E-state index in [-0.39, 0.29) is 0 Å². The molecule has 1 heteroatoms. The Morgan fingerprint density at radius 3 is 1.95 bits per heavy atom. The monoisotopic (exact) mass is 294 g/mol. The number of alkyl halides is 1. The van der Waals surface area contributed by atoms with Gasteiger partial charge in [0.1, 0.15) is 0 Å². The molecule has 0 spiro atoms. The van der Waals surface area contributed by atoms with E-state index in [1.807, 2.05) is 0 Å². The summed E-state index contributed by atoms with van der Waals surface area (Å²) in [7, 11) is 0. The van der Waals surface area contributed by atoms with Crippen molar-refractivity contribution in [1.82, 2.24) is 0 Å². The Kier molecular flexibility index (Phi) is 10.8. The molecular weight excluding hydrogens is 264 g/mol. The molecule has 0 heterocycles. The van der Waals surface area contributed by atoms with Crippen LogP contribution in [-0.2, 0) is 6.42 Å². The second-order valence-electron chi connectivity index (χ2n) is 5.90. The Morgan fingerprint density at radius 2 is 1.35 bits per heavy atom. The fourth-order valence-corrected chi connectivity index (χ4v) is 2.98. The molecule has 0 N–H and O–H groups in total. The van der Waals surface area contributed by atoms with Gasteiger partial charge in [-0.15, -0.1) is 11.6 Å². The van der Waals surface area contributed by atoms with Crippen molar-refractivity contribution in [3.05, 3.63) is 35.9 Å². The van der Waals surface area contributed by atoms with E-state index in [0.29, 0.717) is 5.38 Å². The summed E-state index contributed by atoms with van der Waals surface area (Å²) in [6, 6.07) is 10.6. The first-order chi connectivity index (χ1) is 9.83. The molecule has 0 fully saturated rings. The lowest BCUT2D eigenvalue weighted by Crippen LogP contribution is -2.03. The summed E-state index contributed by atoms with van der Waals surface area (Å²) < 4.78 is 0. The second kappa shape index (κ2) is 12.3. The van der Waals surface area contributed by atoms with Crippen LogP contribution in [0.25, 0.3) is 0 Å². The third-order valence-electron chi connectivity index (χ3n) is 3.92. The van der Waals surface area contributed by atoms with Crippen LogP contribution in [0.2, 0.25) is 0 Å². The first-order valence-corrected chi connectivity index (χ1v) is 8.94. The van der Waals surface area contributed by atoms with Crippen molar-refractivity contribution >= 4 is 11.6 Å². The Hall–Kier alpha value is -0.490.